The summed E-state index contributed by atoms with van der Waals surface area (Å²) in [7, 11) is 0. The molecule has 1 N–H and O–H groups in total. The van der Waals surface area contributed by atoms with E-state index in [-0.39, 0.29) is 0 Å². The van der Waals surface area contributed by atoms with Crippen molar-refractivity contribution < 1.29 is 4.42 Å². The molecule has 0 amide bonds. The van der Waals surface area contributed by atoms with E-state index in [0.717, 1.165) is 17.0 Å². The van der Waals surface area contributed by atoms with Crippen LogP contribution in [0, 0.1) is 5.92 Å². The molecular weight excluding hydrogens is 236 g/mol. The number of fused-ring (bicyclic) bond motifs is 1. The average molecular weight is 258 g/mol. The molecular formula is C16H22N2O. The zero-order valence-electron chi connectivity index (χ0n) is 11.6. The molecule has 102 valence electrons. The van der Waals surface area contributed by atoms with Gasteiger partial charge in [-0.1, -0.05) is 31.9 Å². The molecule has 0 radical (unpaired) electrons. The molecule has 3 heteroatoms. The van der Waals surface area contributed by atoms with Crippen LogP contribution in [0.5, 0.6) is 0 Å². The average Bonchev–Trinajstić information content (AvgIpc) is 2.83. The highest BCUT2D eigenvalue weighted by Gasteiger charge is 2.21. The highest BCUT2D eigenvalue weighted by molar-refractivity contribution is 5.74. The first-order valence-electron chi connectivity index (χ1n) is 7.47. The predicted octanol–water partition coefficient (Wildman–Crippen LogP) is 4.60. The third kappa shape index (κ3) is 2.91. The number of hydrogen-bond donors (Lipinski definition) is 1. The third-order valence-electron chi connectivity index (χ3n) is 4.17. The molecule has 1 fully saturated rings. The van der Waals surface area contributed by atoms with Crippen molar-refractivity contribution in [3.05, 3.63) is 24.3 Å². The second-order valence-corrected chi connectivity index (χ2v) is 5.64. The standard InChI is InChI=1S/C16H22N2O/c1-2-5-12-8-10-13(11-9-12)17-16-18-14-6-3-4-7-15(14)19-16/h3-4,6-7,12-13H,2,5,8-11H2,1H3,(H,17,18). The molecule has 0 unspecified atom stereocenters. The van der Waals surface area contributed by atoms with Gasteiger partial charge in [0.1, 0.15) is 5.52 Å². The SMILES string of the molecule is CCCC1CCC(Nc2nc3ccccc3o2)CC1. The zero-order valence-corrected chi connectivity index (χ0v) is 11.6. The van der Waals surface area contributed by atoms with Crippen LogP contribution in [0.1, 0.15) is 45.4 Å². The van der Waals surface area contributed by atoms with Gasteiger partial charge in [-0.2, -0.15) is 4.98 Å². The quantitative estimate of drug-likeness (QED) is 0.871. The van der Waals surface area contributed by atoms with Gasteiger partial charge in [-0.05, 0) is 43.7 Å². The monoisotopic (exact) mass is 258 g/mol. The normalized spacial score (nSPS) is 23.6. The lowest BCUT2D eigenvalue weighted by Gasteiger charge is -2.28. The van der Waals surface area contributed by atoms with E-state index < -0.39 is 0 Å². The lowest BCUT2D eigenvalue weighted by molar-refractivity contribution is 0.316. The van der Waals surface area contributed by atoms with E-state index in [9.17, 15) is 0 Å². The molecule has 1 saturated carbocycles. The number of benzene rings is 1. The Labute approximate surface area is 114 Å². The Balaban J connectivity index is 1.60. The summed E-state index contributed by atoms with van der Waals surface area (Å²) in [6.07, 6.45) is 7.85. The third-order valence-corrected chi connectivity index (χ3v) is 4.17. The van der Waals surface area contributed by atoms with Crippen LogP contribution >= 0.6 is 0 Å². The summed E-state index contributed by atoms with van der Waals surface area (Å²) >= 11 is 0. The number of anilines is 1. The van der Waals surface area contributed by atoms with Crippen molar-refractivity contribution in [2.45, 2.75) is 51.5 Å². The van der Waals surface area contributed by atoms with Gasteiger partial charge < -0.3 is 9.73 Å². The second-order valence-electron chi connectivity index (χ2n) is 5.64. The van der Waals surface area contributed by atoms with Crippen LogP contribution in [0.25, 0.3) is 11.1 Å². The minimum atomic E-state index is 0.529. The van der Waals surface area contributed by atoms with Crippen LogP contribution < -0.4 is 5.32 Å². The van der Waals surface area contributed by atoms with Crippen molar-refractivity contribution in [3.8, 4) is 0 Å². The molecule has 0 spiro atoms. The molecule has 1 aliphatic rings. The topological polar surface area (TPSA) is 38.1 Å². The number of rotatable bonds is 4. The Hall–Kier alpha value is -1.51. The van der Waals surface area contributed by atoms with Gasteiger partial charge in [-0.15, -0.1) is 0 Å². The van der Waals surface area contributed by atoms with Gasteiger partial charge in [-0.25, -0.2) is 0 Å². The number of nitrogens with one attached hydrogen (secondary N) is 1. The molecule has 0 saturated heterocycles. The molecule has 1 aliphatic carbocycles. The van der Waals surface area contributed by atoms with E-state index >= 15 is 0 Å². The minimum absolute atomic E-state index is 0.529. The Bertz CT molecular complexity index is 493. The van der Waals surface area contributed by atoms with Gasteiger partial charge in [-0.3, -0.25) is 0 Å². The number of aromatic nitrogens is 1. The fourth-order valence-corrected chi connectivity index (χ4v) is 3.11. The van der Waals surface area contributed by atoms with E-state index in [1.807, 2.05) is 24.3 Å². The fraction of sp³-hybridized carbons (Fsp3) is 0.562. The maximum atomic E-state index is 5.72. The van der Waals surface area contributed by atoms with Crippen LogP contribution in [0.2, 0.25) is 0 Å². The molecule has 0 atom stereocenters. The molecule has 3 rings (SSSR count). The van der Waals surface area contributed by atoms with Crippen LogP contribution in [-0.4, -0.2) is 11.0 Å². The summed E-state index contributed by atoms with van der Waals surface area (Å²) in [6, 6.07) is 9.13. The van der Waals surface area contributed by atoms with Gasteiger partial charge in [0.2, 0.25) is 0 Å². The van der Waals surface area contributed by atoms with Crippen LogP contribution in [-0.2, 0) is 0 Å². The lowest BCUT2D eigenvalue weighted by Crippen LogP contribution is -2.26. The number of para-hydroxylation sites is 2. The number of oxazole rings is 1. The second kappa shape index (κ2) is 5.64. The van der Waals surface area contributed by atoms with Crippen molar-refractivity contribution in [1.82, 2.24) is 4.98 Å². The highest BCUT2D eigenvalue weighted by Crippen LogP contribution is 2.30. The largest absolute Gasteiger partial charge is 0.424 e. The van der Waals surface area contributed by atoms with Gasteiger partial charge in [0.05, 0.1) is 0 Å². The predicted molar refractivity (Wildman–Crippen MR) is 78.3 cm³/mol. The number of hydrogen-bond acceptors (Lipinski definition) is 3. The van der Waals surface area contributed by atoms with Gasteiger partial charge in [0.25, 0.3) is 6.01 Å². The summed E-state index contributed by atoms with van der Waals surface area (Å²) in [5.74, 6) is 0.937. The first kappa shape index (κ1) is 12.5. The van der Waals surface area contributed by atoms with E-state index in [4.69, 9.17) is 4.42 Å². The Morgan fingerprint density at radius 3 is 2.74 bits per heavy atom. The first-order valence-corrected chi connectivity index (χ1v) is 7.47. The maximum absolute atomic E-state index is 5.72. The lowest BCUT2D eigenvalue weighted by atomic mass is 9.83. The van der Waals surface area contributed by atoms with E-state index in [1.54, 1.807) is 0 Å². The summed E-state index contributed by atoms with van der Waals surface area (Å²) < 4.78 is 5.72. The van der Waals surface area contributed by atoms with Crippen molar-refractivity contribution in [3.63, 3.8) is 0 Å². The Kier molecular flexibility index (Phi) is 3.72. The minimum Gasteiger partial charge on any atom is -0.424 e. The Morgan fingerprint density at radius 1 is 1.21 bits per heavy atom. The summed E-state index contributed by atoms with van der Waals surface area (Å²) in [5, 5.41) is 3.46. The molecule has 1 aromatic carbocycles. The summed E-state index contributed by atoms with van der Waals surface area (Å²) in [4.78, 5) is 4.48. The van der Waals surface area contributed by atoms with Gasteiger partial charge in [0.15, 0.2) is 5.58 Å². The fourth-order valence-electron chi connectivity index (χ4n) is 3.11. The van der Waals surface area contributed by atoms with Gasteiger partial charge in [0, 0.05) is 6.04 Å². The molecule has 0 aliphatic heterocycles. The van der Waals surface area contributed by atoms with E-state index in [0.29, 0.717) is 12.1 Å². The molecule has 3 nitrogen and oxygen atoms in total. The summed E-state index contributed by atoms with van der Waals surface area (Å²) in [6.45, 7) is 2.28. The molecule has 0 bridgehead atoms. The Morgan fingerprint density at radius 2 is 2.00 bits per heavy atom. The molecule has 1 aromatic heterocycles. The highest BCUT2D eigenvalue weighted by atomic mass is 16.4. The van der Waals surface area contributed by atoms with Crippen molar-refractivity contribution in [2.24, 2.45) is 5.92 Å². The molecule has 2 aromatic rings. The van der Waals surface area contributed by atoms with Crippen LogP contribution in [0.15, 0.2) is 28.7 Å². The van der Waals surface area contributed by atoms with Crippen LogP contribution in [0.4, 0.5) is 6.01 Å². The first-order chi connectivity index (χ1) is 9.35. The van der Waals surface area contributed by atoms with Crippen LogP contribution in [0.3, 0.4) is 0 Å². The zero-order chi connectivity index (χ0) is 13.1. The van der Waals surface area contributed by atoms with E-state index in [1.165, 1.54) is 38.5 Å². The van der Waals surface area contributed by atoms with Crippen molar-refractivity contribution in [2.75, 3.05) is 5.32 Å². The number of nitrogens with zero attached hydrogens (tertiary/aromatic N) is 1. The van der Waals surface area contributed by atoms with Crippen molar-refractivity contribution >= 4 is 17.1 Å². The molecule has 19 heavy (non-hydrogen) atoms. The van der Waals surface area contributed by atoms with Gasteiger partial charge >= 0.3 is 0 Å². The van der Waals surface area contributed by atoms with E-state index in [2.05, 4.69) is 17.2 Å². The summed E-state index contributed by atoms with van der Waals surface area (Å²) in [5.41, 5.74) is 1.80. The smallest absolute Gasteiger partial charge is 0.295 e. The van der Waals surface area contributed by atoms with Crippen molar-refractivity contribution in [1.29, 1.82) is 0 Å². The maximum Gasteiger partial charge on any atom is 0.295 e. The molecule has 1 heterocycles.